The Labute approximate surface area is 125 Å². The predicted molar refractivity (Wildman–Crippen MR) is 80.7 cm³/mol. The van der Waals surface area contributed by atoms with Gasteiger partial charge in [0.05, 0.1) is 11.6 Å². The van der Waals surface area contributed by atoms with Crippen LogP contribution in [0.1, 0.15) is 50.1 Å². The first kappa shape index (κ1) is 15.7. The number of hydrogen-bond donors (Lipinski definition) is 1. The molecule has 0 aliphatic heterocycles. The molecule has 1 aliphatic rings. The summed E-state index contributed by atoms with van der Waals surface area (Å²) in [5, 5.41) is 3.68. The van der Waals surface area contributed by atoms with Crippen molar-refractivity contribution >= 4 is 11.6 Å². The third kappa shape index (κ3) is 3.16. The molecule has 0 aromatic heterocycles. The summed E-state index contributed by atoms with van der Waals surface area (Å²) < 4.78 is 20.2. The lowest BCUT2D eigenvalue weighted by atomic mass is 9.82. The first-order valence-corrected chi connectivity index (χ1v) is 7.68. The number of likely N-dealkylation sites (N-methyl/N-ethyl adjacent to an activating group) is 1. The van der Waals surface area contributed by atoms with Gasteiger partial charge in [0.25, 0.3) is 0 Å². The maximum absolute atomic E-state index is 14.3. The molecule has 112 valence electrons. The summed E-state index contributed by atoms with van der Waals surface area (Å²) in [6.07, 6.45) is 6.62. The van der Waals surface area contributed by atoms with Crippen molar-refractivity contribution in [2.75, 3.05) is 14.2 Å². The minimum Gasteiger partial charge on any atom is -0.376 e. The van der Waals surface area contributed by atoms with E-state index < -0.39 is 0 Å². The molecule has 1 N–H and O–H groups in total. The van der Waals surface area contributed by atoms with Crippen LogP contribution in [0.4, 0.5) is 4.39 Å². The number of methoxy groups -OCH3 is 1. The van der Waals surface area contributed by atoms with Gasteiger partial charge < -0.3 is 10.1 Å². The Balaban J connectivity index is 2.37. The zero-order chi connectivity index (χ0) is 14.6. The van der Waals surface area contributed by atoms with Gasteiger partial charge in [-0.1, -0.05) is 43.4 Å². The van der Waals surface area contributed by atoms with Crippen molar-refractivity contribution in [3.63, 3.8) is 0 Å². The largest absolute Gasteiger partial charge is 0.376 e. The SMILES string of the molecule is CNC(c1ccc(Cl)cc1F)C1(OC)CCCCCC1. The minimum atomic E-state index is -0.333. The number of halogens is 2. The smallest absolute Gasteiger partial charge is 0.129 e. The molecule has 0 bridgehead atoms. The normalized spacial score (nSPS) is 20.4. The molecule has 0 heterocycles. The van der Waals surface area contributed by atoms with Gasteiger partial charge in [0, 0.05) is 17.7 Å². The van der Waals surface area contributed by atoms with Crippen molar-refractivity contribution in [3.05, 3.63) is 34.6 Å². The van der Waals surface area contributed by atoms with Crippen LogP contribution in [0, 0.1) is 5.82 Å². The molecule has 0 radical (unpaired) electrons. The lowest BCUT2D eigenvalue weighted by molar-refractivity contribution is -0.0530. The van der Waals surface area contributed by atoms with Crippen molar-refractivity contribution in [3.8, 4) is 0 Å². The monoisotopic (exact) mass is 299 g/mol. The lowest BCUT2D eigenvalue weighted by Gasteiger charge is -2.39. The van der Waals surface area contributed by atoms with E-state index >= 15 is 0 Å². The molecule has 0 spiro atoms. The fourth-order valence-electron chi connectivity index (χ4n) is 3.38. The van der Waals surface area contributed by atoms with E-state index in [1.807, 2.05) is 7.05 Å². The Bertz CT molecular complexity index is 444. The van der Waals surface area contributed by atoms with E-state index in [4.69, 9.17) is 16.3 Å². The Morgan fingerprint density at radius 3 is 2.40 bits per heavy atom. The first-order valence-electron chi connectivity index (χ1n) is 7.30. The van der Waals surface area contributed by atoms with Crippen LogP contribution in [-0.2, 0) is 4.74 Å². The van der Waals surface area contributed by atoms with E-state index in [1.54, 1.807) is 19.2 Å². The van der Waals surface area contributed by atoms with Gasteiger partial charge in [0.2, 0.25) is 0 Å². The molecular weight excluding hydrogens is 277 g/mol. The standard InChI is InChI=1S/C16H23ClFNO/c1-19-15(13-8-7-12(17)11-14(13)18)16(20-2)9-5-3-4-6-10-16/h7-8,11,15,19H,3-6,9-10H2,1-2H3. The van der Waals surface area contributed by atoms with Crippen LogP contribution in [0.25, 0.3) is 0 Å². The summed E-state index contributed by atoms with van der Waals surface area (Å²) in [7, 11) is 3.61. The van der Waals surface area contributed by atoms with E-state index in [0.29, 0.717) is 10.6 Å². The van der Waals surface area contributed by atoms with Gasteiger partial charge in [-0.05, 0) is 32.0 Å². The Morgan fingerprint density at radius 1 is 1.25 bits per heavy atom. The minimum absolute atomic E-state index is 0.150. The van der Waals surface area contributed by atoms with E-state index in [9.17, 15) is 4.39 Å². The molecule has 0 saturated heterocycles. The number of rotatable bonds is 4. The molecular formula is C16H23ClFNO. The van der Waals surface area contributed by atoms with Crippen LogP contribution in [0.5, 0.6) is 0 Å². The molecule has 20 heavy (non-hydrogen) atoms. The van der Waals surface area contributed by atoms with Crippen LogP contribution in [0.3, 0.4) is 0 Å². The van der Waals surface area contributed by atoms with Gasteiger partial charge in [-0.25, -0.2) is 4.39 Å². The molecule has 1 aromatic rings. The second-order valence-electron chi connectivity index (χ2n) is 5.57. The average Bonchev–Trinajstić information content (AvgIpc) is 2.68. The molecule has 4 heteroatoms. The lowest BCUT2D eigenvalue weighted by Crippen LogP contribution is -2.44. The van der Waals surface area contributed by atoms with Gasteiger partial charge in [0.1, 0.15) is 5.82 Å². The number of nitrogens with one attached hydrogen (secondary N) is 1. The summed E-state index contributed by atoms with van der Waals surface area (Å²) in [5.41, 5.74) is 0.306. The van der Waals surface area contributed by atoms with E-state index in [-0.39, 0.29) is 17.5 Å². The van der Waals surface area contributed by atoms with Crippen molar-refractivity contribution in [1.82, 2.24) is 5.32 Å². The van der Waals surface area contributed by atoms with E-state index in [2.05, 4.69) is 5.32 Å². The van der Waals surface area contributed by atoms with Crippen molar-refractivity contribution in [1.29, 1.82) is 0 Å². The summed E-state index contributed by atoms with van der Waals surface area (Å²) in [6, 6.07) is 4.73. The van der Waals surface area contributed by atoms with Crippen molar-refractivity contribution in [2.24, 2.45) is 0 Å². The first-order chi connectivity index (χ1) is 9.63. The maximum Gasteiger partial charge on any atom is 0.129 e. The van der Waals surface area contributed by atoms with Gasteiger partial charge in [0.15, 0.2) is 0 Å². The number of hydrogen-bond acceptors (Lipinski definition) is 2. The van der Waals surface area contributed by atoms with Crippen LogP contribution in [-0.4, -0.2) is 19.8 Å². The number of benzene rings is 1. The Kier molecular flexibility index (Phi) is 5.42. The third-order valence-electron chi connectivity index (χ3n) is 4.44. The summed E-state index contributed by atoms with van der Waals surface area (Å²) in [6.45, 7) is 0. The fraction of sp³-hybridized carbons (Fsp3) is 0.625. The summed E-state index contributed by atoms with van der Waals surface area (Å²) in [5.74, 6) is -0.266. The van der Waals surface area contributed by atoms with Crippen LogP contribution in [0.15, 0.2) is 18.2 Å². The van der Waals surface area contributed by atoms with Gasteiger partial charge in [-0.15, -0.1) is 0 Å². The van der Waals surface area contributed by atoms with Gasteiger partial charge >= 0.3 is 0 Å². The van der Waals surface area contributed by atoms with Crippen LogP contribution >= 0.6 is 11.6 Å². The molecule has 1 atom stereocenters. The predicted octanol–water partition coefficient (Wildman–Crippen LogP) is 4.48. The zero-order valence-corrected chi connectivity index (χ0v) is 13.0. The fourth-order valence-corrected chi connectivity index (χ4v) is 3.53. The highest BCUT2D eigenvalue weighted by Gasteiger charge is 2.40. The third-order valence-corrected chi connectivity index (χ3v) is 4.68. The van der Waals surface area contributed by atoms with Crippen LogP contribution in [0.2, 0.25) is 5.02 Å². The molecule has 2 nitrogen and oxygen atoms in total. The highest BCUT2D eigenvalue weighted by atomic mass is 35.5. The molecule has 0 amide bonds. The quantitative estimate of drug-likeness (QED) is 0.828. The molecule has 2 rings (SSSR count). The molecule has 1 fully saturated rings. The Morgan fingerprint density at radius 2 is 1.90 bits per heavy atom. The van der Waals surface area contributed by atoms with Crippen molar-refractivity contribution < 1.29 is 9.13 Å². The summed E-state index contributed by atoms with van der Waals surface area (Å²) >= 11 is 5.85. The number of ether oxygens (including phenoxy) is 1. The summed E-state index contributed by atoms with van der Waals surface area (Å²) in [4.78, 5) is 0. The van der Waals surface area contributed by atoms with Gasteiger partial charge in [-0.2, -0.15) is 0 Å². The second kappa shape index (κ2) is 6.88. The van der Waals surface area contributed by atoms with Crippen molar-refractivity contribution in [2.45, 2.75) is 50.2 Å². The molecule has 1 unspecified atom stereocenters. The highest BCUT2D eigenvalue weighted by Crippen LogP contribution is 2.41. The van der Waals surface area contributed by atoms with E-state index in [1.165, 1.54) is 18.9 Å². The maximum atomic E-state index is 14.3. The highest BCUT2D eigenvalue weighted by molar-refractivity contribution is 6.30. The Hall–Kier alpha value is -0.640. The average molecular weight is 300 g/mol. The molecule has 1 saturated carbocycles. The molecule has 1 aliphatic carbocycles. The second-order valence-corrected chi connectivity index (χ2v) is 6.01. The van der Waals surface area contributed by atoms with E-state index in [0.717, 1.165) is 25.7 Å². The molecule has 1 aromatic carbocycles. The van der Waals surface area contributed by atoms with Crippen LogP contribution < -0.4 is 5.32 Å². The van der Waals surface area contributed by atoms with Gasteiger partial charge in [-0.3, -0.25) is 0 Å². The zero-order valence-electron chi connectivity index (χ0n) is 12.2. The topological polar surface area (TPSA) is 21.3 Å².